The highest BCUT2D eigenvalue weighted by Gasteiger charge is 2.06. The molecular formula is C11H18N2. The van der Waals surface area contributed by atoms with E-state index in [1.165, 1.54) is 6.42 Å². The van der Waals surface area contributed by atoms with Gasteiger partial charge in [0.15, 0.2) is 0 Å². The summed E-state index contributed by atoms with van der Waals surface area (Å²) in [7, 11) is 0. The summed E-state index contributed by atoms with van der Waals surface area (Å²) in [5.74, 6) is 0.704. The number of aromatic nitrogens is 2. The van der Waals surface area contributed by atoms with Crippen molar-refractivity contribution in [3.8, 4) is 0 Å². The zero-order chi connectivity index (χ0) is 9.84. The fraction of sp³-hybridized carbons (Fsp3) is 0.636. The molecule has 13 heavy (non-hydrogen) atoms. The lowest BCUT2D eigenvalue weighted by Gasteiger charge is -2.09. The summed E-state index contributed by atoms with van der Waals surface area (Å²) < 4.78 is 0. The predicted octanol–water partition coefficient (Wildman–Crippen LogP) is 2.68. The average Bonchev–Trinajstić information content (AvgIpc) is 2.11. The van der Waals surface area contributed by atoms with Crippen LogP contribution in [0.3, 0.4) is 0 Å². The molecule has 0 N–H and O–H groups in total. The Kier molecular flexibility index (Phi) is 3.40. The van der Waals surface area contributed by atoms with Crippen molar-refractivity contribution in [1.29, 1.82) is 0 Å². The van der Waals surface area contributed by atoms with Crippen molar-refractivity contribution in [2.75, 3.05) is 0 Å². The normalized spacial score (nSPS) is 12.9. The maximum atomic E-state index is 4.50. The molecule has 0 bridgehead atoms. The lowest BCUT2D eigenvalue weighted by molar-refractivity contribution is 0.548. The average molecular weight is 178 g/mol. The molecule has 1 atom stereocenters. The third-order valence-corrected chi connectivity index (χ3v) is 2.41. The Hall–Kier alpha value is -0.920. The maximum Gasteiger partial charge on any atom is 0.0621 e. The molecule has 0 aliphatic carbocycles. The van der Waals surface area contributed by atoms with Crippen molar-refractivity contribution in [2.24, 2.45) is 5.92 Å². The van der Waals surface area contributed by atoms with Crippen molar-refractivity contribution >= 4 is 0 Å². The molecule has 0 fully saturated rings. The van der Waals surface area contributed by atoms with Crippen molar-refractivity contribution in [1.82, 2.24) is 9.97 Å². The highest BCUT2D eigenvalue weighted by Crippen LogP contribution is 2.11. The molecule has 0 spiro atoms. The summed E-state index contributed by atoms with van der Waals surface area (Å²) in [6, 6.07) is 0. The topological polar surface area (TPSA) is 25.8 Å². The SMILES string of the molecule is CCC(C)Cc1nc(C)cnc1C. The summed E-state index contributed by atoms with van der Waals surface area (Å²) >= 11 is 0. The van der Waals surface area contributed by atoms with Gasteiger partial charge < -0.3 is 0 Å². The van der Waals surface area contributed by atoms with E-state index in [1.807, 2.05) is 20.0 Å². The quantitative estimate of drug-likeness (QED) is 0.711. The molecule has 1 rings (SSSR count). The minimum Gasteiger partial charge on any atom is -0.258 e. The second-order valence-electron chi connectivity index (χ2n) is 3.76. The van der Waals surface area contributed by atoms with Crippen LogP contribution >= 0.6 is 0 Å². The van der Waals surface area contributed by atoms with Crippen LogP contribution in [-0.4, -0.2) is 9.97 Å². The first-order valence-corrected chi connectivity index (χ1v) is 4.92. The molecule has 0 radical (unpaired) electrons. The van der Waals surface area contributed by atoms with E-state index >= 15 is 0 Å². The van der Waals surface area contributed by atoms with Crippen molar-refractivity contribution in [3.63, 3.8) is 0 Å². The van der Waals surface area contributed by atoms with Crippen LogP contribution < -0.4 is 0 Å². The van der Waals surface area contributed by atoms with Gasteiger partial charge in [0.2, 0.25) is 0 Å². The zero-order valence-corrected chi connectivity index (χ0v) is 8.96. The molecule has 1 aromatic heterocycles. The largest absolute Gasteiger partial charge is 0.258 e. The first-order chi connectivity index (χ1) is 6.13. The monoisotopic (exact) mass is 178 g/mol. The van der Waals surface area contributed by atoms with Crippen LogP contribution in [0.25, 0.3) is 0 Å². The van der Waals surface area contributed by atoms with Crippen molar-refractivity contribution < 1.29 is 0 Å². The lowest BCUT2D eigenvalue weighted by Crippen LogP contribution is -2.05. The summed E-state index contributed by atoms with van der Waals surface area (Å²) in [6.45, 7) is 8.49. The van der Waals surface area contributed by atoms with Gasteiger partial charge in [-0.25, -0.2) is 0 Å². The molecule has 0 aliphatic rings. The first kappa shape index (κ1) is 10.2. The number of aryl methyl sites for hydroxylation is 2. The third kappa shape index (κ3) is 2.79. The van der Waals surface area contributed by atoms with Crippen molar-refractivity contribution in [3.05, 3.63) is 23.3 Å². The molecule has 0 amide bonds. The summed E-state index contributed by atoms with van der Waals surface area (Å²) in [5, 5.41) is 0. The van der Waals surface area contributed by atoms with E-state index in [1.54, 1.807) is 0 Å². The Balaban J connectivity index is 2.81. The van der Waals surface area contributed by atoms with Crippen LogP contribution in [0.2, 0.25) is 0 Å². The van der Waals surface area contributed by atoms with E-state index in [9.17, 15) is 0 Å². The minimum absolute atomic E-state index is 0.704. The van der Waals surface area contributed by atoms with Crippen LogP contribution in [0.5, 0.6) is 0 Å². The van der Waals surface area contributed by atoms with Gasteiger partial charge >= 0.3 is 0 Å². The molecule has 0 saturated carbocycles. The molecule has 1 heterocycles. The van der Waals surface area contributed by atoms with Gasteiger partial charge in [-0.1, -0.05) is 20.3 Å². The summed E-state index contributed by atoms with van der Waals surface area (Å²) in [4.78, 5) is 8.80. The highest BCUT2D eigenvalue weighted by molar-refractivity contribution is 5.12. The standard InChI is InChI=1S/C11H18N2/c1-5-8(2)6-11-10(4)12-7-9(3)13-11/h7-8H,5-6H2,1-4H3. The van der Waals surface area contributed by atoms with E-state index in [2.05, 4.69) is 23.8 Å². The van der Waals surface area contributed by atoms with Gasteiger partial charge in [0.25, 0.3) is 0 Å². The smallest absolute Gasteiger partial charge is 0.0621 e. The van der Waals surface area contributed by atoms with E-state index in [0.717, 1.165) is 23.5 Å². The number of hydrogen-bond donors (Lipinski definition) is 0. The van der Waals surface area contributed by atoms with Crippen LogP contribution in [-0.2, 0) is 6.42 Å². The minimum atomic E-state index is 0.704. The molecule has 2 heteroatoms. The van der Waals surface area contributed by atoms with Crippen molar-refractivity contribution in [2.45, 2.75) is 40.5 Å². The Bertz CT molecular complexity index is 281. The number of hydrogen-bond acceptors (Lipinski definition) is 2. The Morgan fingerprint density at radius 2 is 2.08 bits per heavy atom. The Labute approximate surface area is 80.4 Å². The fourth-order valence-electron chi connectivity index (χ4n) is 1.26. The van der Waals surface area contributed by atoms with Gasteiger partial charge in [0, 0.05) is 6.20 Å². The van der Waals surface area contributed by atoms with E-state index in [0.29, 0.717) is 5.92 Å². The maximum absolute atomic E-state index is 4.50. The molecule has 0 aromatic carbocycles. The number of rotatable bonds is 3. The van der Waals surface area contributed by atoms with Gasteiger partial charge in [-0.3, -0.25) is 9.97 Å². The molecule has 0 saturated heterocycles. The van der Waals surface area contributed by atoms with E-state index in [-0.39, 0.29) is 0 Å². The summed E-state index contributed by atoms with van der Waals surface area (Å²) in [5.41, 5.74) is 3.25. The van der Waals surface area contributed by atoms with Crippen LogP contribution in [0.4, 0.5) is 0 Å². The van der Waals surface area contributed by atoms with E-state index < -0.39 is 0 Å². The molecule has 0 aliphatic heterocycles. The molecule has 72 valence electrons. The summed E-state index contributed by atoms with van der Waals surface area (Å²) in [6.07, 6.45) is 4.08. The molecule has 2 nitrogen and oxygen atoms in total. The van der Waals surface area contributed by atoms with Crippen LogP contribution in [0.1, 0.15) is 37.4 Å². The van der Waals surface area contributed by atoms with Gasteiger partial charge in [0.05, 0.1) is 17.1 Å². The van der Waals surface area contributed by atoms with Gasteiger partial charge in [-0.05, 0) is 26.2 Å². The third-order valence-electron chi connectivity index (χ3n) is 2.41. The highest BCUT2D eigenvalue weighted by atomic mass is 14.8. The molecule has 1 aromatic rings. The zero-order valence-electron chi connectivity index (χ0n) is 8.96. The van der Waals surface area contributed by atoms with Crippen LogP contribution in [0.15, 0.2) is 6.20 Å². The Morgan fingerprint density at radius 3 is 2.69 bits per heavy atom. The molecular weight excluding hydrogens is 160 g/mol. The predicted molar refractivity (Wildman–Crippen MR) is 54.7 cm³/mol. The van der Waals surface area contributed by atoms with Gasteiger partial charge in [-0.2, -0.15) is 0 Å². The second-order valence-corrected chi connectivity index (χ2v) is 3.76. The second kappa shape index (κ2) is 4.35. The Morgan fingerprint density at radius 1 is 1.38 bits per heavy atom. The van der Waals surface area contributed by atoms with E-state index in [4.69, 9.17) is 0 Å². The fourth-order valence-corrected chi connectivity index (χ4v) is 1.26. The first-order valence-electron chi connectivity index (χ1n) is 4.92. The van der Waals surface area contributed by atoms with Gasteiger partial charge in [0.1, 0.15) is 0 Å². The lowest BCUT2D eigenvalue weighted by atomic mass is 10.0. The van der Waals surface area contributed by atoms with Gasteiger partial charge in [-0.15, -0.1) is 0 Å². The van der Waals surface area contributed by atoms with Crippen LogP contribution in [0, 0.1) is 19.8 Å². The molecule has 1 unspecified atom stereocenters. The number of nitrogens with zero attached hydrogens (tertiary/aromatic N) is 2.